The molecule has 0 radical (unpaired) electrons. The molecule has 0 rings (SSSR count). The minimum absolute atomic E-state index is 0. The van der Waals surface area contributed by atoms with E-state index >= 15 is 0 Å². The van der Waals surface area contributed by atoms with Crippen LogP contribution in [0.1, 0.15) is 0 Å². The molecule has 91 valence electrons. The van der Waals surface area contributed by atoms with Gasteiger partial charge in [0.25, 0.3) is 0 Å². The normalized spacial score (nSPS) is 4.24. The summed E-state index contributed by atoms with van der Waals surface area (Å²) in [5.74, 6) is 0. The van der Waals surface area contributed by atoms with E-state index in [4.69, 9.17) is 38.4 Å². The standard InChI is InChI=1S/4CO.Ba.2Cr.Cu.5O/c4*1-2;;;;;;;;;/q;;;;+2;;+4;;;;;2*-1. The van der Waals surface area contributed by atoms with Crippen LogP contribution in [0, 0.1) is 26.6 Å². The molecular weight excluding hydrogens is 497 g/mol. The van der Waals surface area contributed by atoms with Gasteiger partial charge in [0.1, 0.15) is 0 Å². The van der Waals surface area contributed by atoms with Crippen LogP contribution in [0.15, 0.2) is 0 Å². The second-order valence-corrected chi connectivity index (χ2v) is 1.68. The third-order valence-corrected chi connectivity index (χ3v) is 0. The van der Waals surface area contributed by atoms with Gasteiger partial charge in [-0.15, -0.1) is 0 Å². The Balaban J connectivity index is -0.00000001000. The van der Waals surface area contributed by atoms with Gasteiger partial charge in [-0.3, -0.25) is 0 Å². The molecule has 0 saturated heterocycles. The van der Waals surface area contributed by atoms with Crippen LogP contribution in [0.3, 0.4) is 0 Å². The fourth-order valence-corrected chi connectivity index (χ4v) is 0. The summed E-state index contributed by atoms with van der Waals surface area (Å²) in [5, 5.41) is 0. The van der Waals surface area contributed by atoms with E-state index < -0.39 is 13.6 Å². The van der Waals surface area contributed by atoms with Gasteiger partial charge >= 0.3 is 161 Å². The molecule has 9 nitrogen and oxygen atoms in total. The maximum atomic E-state index is 8.59. The Morgan fingerprint density at radius 1 is 0.765 bits per heavy atom. The van der Waals surface area contributed by atoms with E-state index in [1.54, 1.807) is 0 Å². The fraction of sp³-hybridized carbons (Fsp3) is 0. The molecule has 0 amide bonds. The summed E-state index contributed by atoms with van der Waals surface area (Å²) >= 11 is -2.81. The van der Waals surface area contributed by atoms with Crippen molar-refractivity contribution in [1.29, 1.82) is 0 Å². The van der Waals surface area contributed by atoms with Gasteiger partial charge in [0.2, 0.25) is 0 Å². The monoisotopic (exact) mass is 497 g/mol. The first-order chi connectivity index (χ1) is 7.00. The van der Waals surface area contributed by atoms with Crippen LogP contribution >= 0.6 is 0 Å². The Kier molecular flexibility index (Phi) is 258. The van der Waals surface area contributed by atoms with E-state index in [1.807, 2.05) is 0 Å². The van der Waals surface area contributed by atoms with E-state index in [1.165, 1.54) is 0 Å². The average molecular weight is 497 g/mol. The third kappa shape index (κ3) is 2020. The molecule has 0 aliphatic carbocycles. The molecule has 0 fully saturated rings. The molecule has 0 bridgehead atoms. The number of rotatable bonds is 0. The zero-order valence-electron chi connectivity index (χ0n) is 7.50. The van der Waals surface area contributed by atoms with Crippen LogP contribution in [-0.4, -0.2) is 48.9 Å². The quantitative estimate of drug-likeness (QED) is 0.194. The zero-order valence-corrected chi connectivity index (χ0v) is 15.4. The summed E-state index contributed by atoms with van der Waals surface area (Å²) in [4.78, 5) is 0. The van der Waals surface area contributed by atoms with Crippen LogP contribution in [0.4, 0.5) is 0 Å². The predicted molar refractivity (Wildman–Crippen MR) is 23.5 cm³/mol. The molecule has 0 aliphatic heterocycles. The molecule has 0 N–H and O–H groups in total. The molecule has 0 saturated carbocycles. The van der Waals surface area contributed by atoms with Crippen molar-refractivity contribution in [1.82, 2.24) is 0 Å². The van der Waals surface area contributed by atoms with Gasteiger partial charge in [-0.2, -0.15) is 0 Å². The van der Waals surface area contributed by atoms with E-state index in [0.717, 1.165) is 0 Å². The molecule has 13 heteroatoms. The van der Waals surface area contributed by atoms with Gasteiger partial charge in [-0.05, 0) is 0 Å². The van der Waals surface area contributed by atoms with Crippen LogP contribution in [0.5, 0.6) is 0 Å². The Labute approximate surface area is 158 Å². The summed E-state index contributed by atoms with van der Waals surface area (Å²) in [6.07, 6.45) is 0. The Bertz CT molecular complexity index is 223. The summed E-state index contributed by atoms with van der Waals surface area (Å²) in [5.41, 5.74) is 0. The zero-order chi connectivity index (χ0) is 14.5. The van der Waals surface area contributed by atoms with Crippen molar-refractivity contribution in [2.75, 3.05) is 0 Å². The molecule has 17 heavy (non-hydrogen) atoms. The molecule has 0 atom stereocenters. The Morgan fingerprint density at radius 2 is 0.765 bits per heavy atom. The van der Waals surface area contributed by atoms with Gasteiger partial charge in [-0.25, -0.2) is 0 Å². The first kappa shape index (κ1) is 51.5. The first-order valence-electron chi connectivity index (χ1n) is 1.61. The molecule has 0 aromatic heterocycles. The van der Waals surface area contributed by atoms with Gasteiger partial charge < -0.3 is 0 Å². The van der Waals surface area contributed by atoms with E-state index in [-0.39, 0.29) is 66.2 Å². The molecule has 0 spiro atoms. The number of hydrogen-bond donors (Lipinski definition) is 0. The Morgan fingerprint density at radius 3 is 0.765 bits per heavy atom. The first-order valence-corrected chi connectivity index (χ1v) is 4.07. The molecular formula is C4BaCr2CuO9+4. The van der Waals surface area contributed by atoms with Crippen molar-refractivity contribution in [2.45, 2.75) is 0 Å². The van der Waals surface area contributed by atoms with Crippen molar-refractivity contribution < 1.29 is 85.3 Å². The van der Waals surface area contributed by atoms with Crippen molar-refractivity contribution in [3.05, 3.63) is 26.6 Å². The van der Waals surface area contributed by atoms with E-state index in [2.05, 4.69) is 42.5 Å². The van der Waals surface area contributed by atoms with Gasteiger partial charge in [0, 0.05) is 0 Å². The van der Waals surface area contributed by atoms with Crippen LogP contribution < -0.4 is 8.32 Å². The van der Waals surface area contributed by atoms with Gasteiger partial charge in [-0.1, -0.05) is 0 Å². The second kappa shape index (κ2) is 85.2. The van der Waals surface area contributed by atoms with Crippen molar-refractivity contribution >= 4 is 48.9 Å². The van der Waals surface area contributed by atoms with Crippen molar-refractivity contribution in [3.63, 3.8) is 0 Å². The van der Waals surface area contributed by atoms with E-state index in [9.17, 15) is 0 Å². The van der Waals surface area contributed by atoms with Crippen LogP contribution in [0.25, 0.3) is 0 Å². The molecule has 0 aliphatic rings. The molecule has 0 heterocycles. The molecule has 0 aromatic carbocycles. The average Bonchev–Trinajstić information content (AvgIpc) is 2.29. The molecule has 0 aromatic rings. The van der Waals surface area contributed by atoms with Crippen LogP contribution in [-0.2, 0) is 77.0 Å². The maximum absolute atomic E-state index is 8.59. The number of hydrogen-bond acceptors (Lipinski definition) is 5. The van der Waals surface area contributed by atoms with Crippen molar-refractivity contribution in [3.8, 4) is 0 Å². The van der Waals surface area contributed by atoms with Crippen molar-refractivity contribution in [2.24, 2.45) is 0 Å². The fourth-order valence-electron chi connectivity index (χ4n) is 0. The van der Waals surface area contributed by atoms with E-state index in [0.29, 0.717) is 0 Å². The summed E-state index contributed by atoms with van der Waals surface area (Å²) < 4.78 is 72.2. The van der Waals surface area contributed by atoms with Gasteiger partial charge in [0.05, 0.1) is 0 Å². The predicted octanol–water partition coefficient (Wildman–Crippen LogP) is -3.27. The summed E-state index contributed by atoms with van der Waals surface area (Å²) in [6, 6.07) is 0. The topological polar surface area (TPSA) is 177 Å². The molecule has 0 unspecified atom stereocenters. The van der Waals surface area contributed by atoms with Crippen LogP contribution in [0.2, 0.25) is 0 Å². The summed E-state index contributed by atoms with van der Waals surface area (Å²) in [7, 11) is 0. The SMILES string of the molecule is [Ba+2].[C-]#[O+].[C-]#[O+].[C-]#[O+].[C-]#[O+].[Cr+4].[O]=[Cr](=[O])([O-])[O-].[O]=[Cu]. The summed E-state index contributed by atoms with van der Waals surface area (Å²) in [6.45, 7) is 18.0. The van der Waals surface area contributed by atoms with Gasteiger partial charge in [0.15, 0.2) is 0 Å². The second-order valence-electron chi connectivity index (χ2n) is 0.408. The minimum atomic E-state index is -5.75. The third-order valence-electron chi connectivity index (χ3n) is 0. The Hall–Kier alpha value is 1.44.